The Kier molecular flexibility index (Phi) is 10.6. The zero-order chi connectivity index (χ0) is 34.2. The maximum absolute atomic E-state index is 14.3. The molecule has 3 aliphatic carbocycles. The van der Waals surface area contributed by atoms with Gasteiger partial charge in [-0.1, -0.05) is 80.1 Å². The van der Waals surface area contributed by atoms with Gasteiger partial charge in [0.25, 0.3) is 5.91 Å². The van der Waals surface area contributed by atoms with E-state index in [4.69, 9.17) is 5.73 Å². The van der Waals surface area contributed by atoms with Gasteiger partial charge in [-0.15, -0.1) is 0 Å². The number of sulfone groups is 1. The van der Waals surface area contributed by atoms with Crippen LogP contribution in [0.2, 0.25) is 0 Å². The number of carbonyl (C=O) groups is 5. The third kappa shape index (κ3) is 8.23. The molecular weight excluding hydrogens is 610 g/mol. The summed E-state index contributed by atoms with van der Waals surface area (Å²) >= 11 is 0. The summed E-state index contributed by atoms with van der Waals surface area (Å²) in [4.78, 5) is 67.9. The van der Waals surface area contributed by atoms with Crippen LogP contribution in [0, 0.1) is 28.6 Å². The molecule has 0 spiro atoms. The van der Waals surface area contributed by atoms with Crippen LogP contribution >= 0.6 is 0 Å². The lowest BCUT2D eigenvalue weighted by Crippen LogP contribution is -2.62. The number of amides is 5. The van der Waals surface area contributed by atoms with Crippen molar-refractivity contribution in [2.45, 2.75) is 129 Å². The summed E-state index contributed by atoms with van der Waals surface area (Å²) < 4.78 is 25.3. The van der Waals surface area contributed by atoms with Crippen molar-refractivity contribution >= 4 is 39.4 Å². The van der Waals surface area contributed by atoms with Gasteiger partial charge in [-0.3, -0.25) is 19.2 Å². The highest BCUT2D eigenvalue weighted by atomic mass is 32.2. The zero-order valence-electron chi connectivity index (χ0n) is 28.4. The average molecular weight is 666 g/mol. The van der Waals surface area contributed by atoms with Gasteiger partial charge in [-0.25, -0.2) is 13.2 Å². The van der Waals surface area contributed by atoms with Crippen molar-refractivity contribution in [2.75, 3.05) is 18.1 Å². The summed E-state index contributed by atoms with van der Waals surface area (Å²) in [5, 5.41) is 8.63. The second-order valence-corrected chi connectivity index (χ2v) is 18.5. The van der Waals surface area contributed by atoms with Crippen molar-refractivity contribution in [2.24, 2.45) is 34.3 Å². The number of likely N-dealkylation sites (tertiary alicyclic amines) is 1. The molecular formula is C33H55N5O7S. The van der Waals surface area contributed by atoms with Crippen molar-refractivity contribution < 1.29 is 32.4 Å². The predicted octanol–water partition coefficient (Wildman–Crippen LogP) is 2.44. The summed E-state index contributed by atoms with van der Waals surface area (Å²) in [6.07, 6.45) is 7.11. The molecule has 4 fully saturated rings. The van der Waals surface area contributed by atoms with Gasteiger partial charge in [0, 0.05) is 12.3 Å². The minimum atomic E-state index is -3.38. The normalized spacial score (nSPS) is 26.6. The van der Waals surface area contributed by atoms with Crippen molar-refractivity contribution in [3.05, 3.63) is 0 Å². The van der Waals surface area contributed by atoms with E-state index in [9.17, 15) is 32.4 Å². The molecule has 0 aromatic rings. The van der Waals surface area contributed by atoms with Gasteiger partial charge in [0.2, 0.25) is 17.6 Å². The molecule has 0 aromatic carbocycles. The summed E-state index contributed by atoms with van der Waals surface area (Å²) in [6, 6.07) is -3.50. The maximum Gasteiger partial charge on any atom is 0.315 e. The van der Waals surface area contributed by atoms with E-state index >= 15 is 0 Å². The third-order valence-corrected chi connectivity index (χ3v) is 12.8. The van der Waals surface area contributed by atoms with Crippen molar-refractivity contribution in [1.29, 1.82) is 0 Å². The Balaban J connectivity index is 1.55. The standard InChI is InChI=1S/C33H55N5O7S/c1-7-46(44,45)19-33(14-9-8-10-15-33)37-30(43)36-23(17-31(2,3)4)29(42)38-18-21-24(32(21,5)6)25(38)28(41)35-22(26(39)27(34)40)16-20-12-11-13-20/h20-25H,7-19H2,1-6H3,(H2,34,40)(H,35,41)(H2,36,37,43). The molecule has 4 aliphatic rings. The van der Waals surface area contributed by atoms with E-state index in [0.29, 0.717) is 25.8 Å². The fraction of sp³-hybridized carbons (Fsp3) is 0.848. The Bertz CT molecular complexity index is 1310. The highest BCUT2D eigenvalue weighted by Crippen LogP contribution is 2.65. The topological polar surface area (TPSA) is 185 Å². The van der Waals surface area contributed by atoms with Gasteiger partial charge in [-0.2, -0.15) is 0 Å². The van der Waals surface area contributed by atoms with E-state index in [1.165, 1.54) is 4.90 Å². The molecule has 5 N–H and O–H groups in total. The number of piperidine rings is 1. The van der Waals surface area contributed by atoms with E-state index in [2.05, 4.69) is 29.8 Å². The number of primary amides is 1. The number of nitrogens with two attached hydrogens (primary N) is 1. The van der Waals surface area contributed by atoms with Gasteiger partial charge >= 0.3 is 6.03 Å². The van der Waals surface area contributed by atoms with Crippen LogP contribution < -0.4 is 21.7 Å². The molecule has 5 unspecified atom stereocenters. The van der Waals surface area contributed by atoms with Crippen molar-refractivity contribution in [3.8, 4) is 0 Å². The fourth-order valence-corrected chi connectivity index (χ4v) is 9.45. The monoisotopic (exact) mass is 665 g/mol. The van der Waals surface area contributed by atoms with Crippen LogP contribution in [0.15, 0.2) is 0 Å². The summed E-state index contributed by atoms with van der Waals surface area (Å²) in [5.74, 6) is -2.85. The molecule has 5 amide bonds. The molecule has 4 rings (SSSR count). The quantitative estimate of drug-likeness (QED) is 0.218. The van der Waals surface area contributed by atoms with Crippen LogP contribution in [0.5, 0.6) is 0 Å². The summed E-state index contributed by atoms with van der Waals surface area (Å²) in [5.41, 5.74) is 3.86. The Hall–Kier alpha value is -2.70. The number of hydrogen-bond donors (Lipinski definition) is 4. The molecule has 46 heavy (non-hydrogen) atoms. The molecule has 12 nitrogen and oxygen atoms in total. The number of nitrogens with zero attached hydrogens (tertiary/aromatic N) is 1. The molecule has 3 saturated carbocycles. The first-order chi connectivity index (χ1) is 21.3. The highest BCUT2D eigenvalue weighted by Gasteiger charge is 2.69. The Morgan fingerprint density at radius 1 is 0.957 bits per heavy atom. The number of urea groups is 1. The Morgan fingerprint density at radius 2 is 1.59 bits per heavy atom. The van der Waals surface area contributed by atoms with Crippen LogP contribution in [0.4, 0.5) is 4.79 Å². The number of rotatable bonds is 13. The second-order valence-electron chi connectivity index (χ2n) is 16.1. The molecule has 0 aromatic heterocycles. The van der Waals surface area contributed by atoms with Gasteiger partial charge < -0.3 is 26.6 Å². The number of carbonyl (C=O) groups excluding carboxylic acids is 5. The van der Waals surface area contributed by atoms with Gasteiger partial charge in [-0.05, 0) is 54.3 Å². The van der Waals surface area contributed by atoms with E-state index in [1.807, 2.05) is 20.8 Å². The number of nitrogens with one attached hydrogen (secondary N) is 3. The highest BCUT2D eigenvalue weighted by molar-refractivity contribution is 7.91. The first-order valence-electron chi connectivity index (χ1n) is 17.0. The van der Waals surface area contributed by atoms with Crippen LogP contribution in [-0.4, -0.2) is 84.6 Å². The molecule has 1 aliphatic heterocycles. The molecule has 0 bridgehead atoms. The number of fused-ring (bicyclic) bond motifs is 1. The Labute approximate surface area is 274 Å². The molecule has 1 saturated heterocycles. The first kappa shape index (κ1) is 36.1. The molecule has 1 heterocycles. The van der Waals surface area contributed by atoms with E-state index < -0.39 is 63.0 Å². The van der Waals surface area contributed by atoms with Crippen molar-refractivity contribution in [1.82, 2.24) is 20.9 Å². The molecule has 0 radical (unpaired) electrons. The van der Waals surface area contributed by atoms with Crippen LogP contribution in [-0.2, 0) is 29.0 Å². The van der Waals surface area contributed by atoms with Crippen LogP contribution in [0.25, 0.3) is 0 Å². The van der Waals surface area contributed by atoms with Crippen molar-refractivity contribution in [3.63, 3.8) is 0 Å². The number of ketones is 1. The number of hydrogen-bond acceptors (Lipinski definition) is 7. The van der Waals surface area contributed by atoms with Gasteiger partial charge in [0.15, 0.2) is 9.84 Å². The van der Waals surface area contributed by atoms with Crippen LogP contribution in [0.3, 0.4) is 0 Å². The lowest BCUT2D eigenvalue weighted by atomic mass is 9.80. The third-order valence-electron chi connectivity index (χ3n) is 11.0. The van der Waals surface area contributed by atoms with Crippen LogP contribution in [0.1, 0.15) is 106 Å². The lowest BCUT2D eigenvalue weighted by molar-refractivity contribution is -0.144. The smallest absolute Gasteiger partial charge is 0.315 e. The minimum absolute atomic E-state index is 0.0210. The zero-order valence-corrected chi connectivity index (χ0v) is 29.3. The average Bonchev–Trinajstić information content (AvgIpc) is 3.24. The SMILES string of the molecule is CCS(=O)(=O)CC1(NC(=O)NC(CC(C)(C)C)C(=O)N2CC3C(C2C(=O)NC(CC2CCC2)C(=O)C(N)=O)C3(C)C)CCCCC1. The molecule has 5 atom stereocenters. The molecule has 13 heteroatoms. The predicted molar refractivity (Wildman–Crippen MR) is 174 cm³/mol. The largest absolute Gasteiger partial charge is 0.363 e. The minimum Gasteiger partial charge on any atom is -0.363 e. The van der Waals surface area contributed by atoms with E-state index in [1.54, 1.807) is 6.92 Å². The van der Waals surface area contributed by atoms with E-state index in [-0.39, 0.29) is 46.5 Å². The fourth-order valence-electron chi connectivity index (χ4n) is 8.04. The molecule has 260 valence electrons. The number of Topliss-reactive ketones (excluding diaryl/α,β-unsaturated/α-hetero) is 1. The first-order valence-corrected chi connectivity index (χ1v) is 18.8. The summed E-state index contributed by atoms with van der Waals surface area (Å²) in [7, 11) is -3.38. The summed E-state index contributed by atoms with van der Waals surface area (Å²) in [6.45, 7) is 11.9. The van der Waals surface area contributed by atoms with Gasteiger partial charge in [0.1, 0.15) is 12.1 Å². The van der Waals surface area contributed by atoms with Gasteiger partial charge in [0.05, 0.1) is 17.3 Å². The van der Waals surface area contributed by atoms with E-state index in [0.717, 1.165) is 38.5 Å². The Morgan fingerprint density at radius 3 is 2.11 bits per heavy atom. The second kappa shape index (κ2) is 13.4. The maximum atomic E-state index is 14.3. The lowest BCUT2D eigenvalue weighted by Gasteiger charge is -2.39.